The first-order chi connectivity index (χ1) is 10.0. The molecule has 1 aliphatic heterocycles. The van der Waals surface area contributed by atoms with Crippen molar-refractivity contribution in [2.24, 2.45) is 5.73 Å². The molecule has 0 aliphatic carbocycles. The van der Waals surface area contributed by atoms with Crippen molar-refractivity contribution in [2.75, 3.05) is 32.7 Å². The highest BCUT2D eigenvalue weighted by molar-refractivity contribution is 7.14. The Bertz CT molecular complexity index is 560. The normalized spacial score (nSPS) is 16.0. The summed E-state index contributed by atoms with van der Waals surface area (Å²) in [6.07, 6.45) is 0. The molecule has 0 bridgehead atoms. The second-order valence-electron chi connectivity index (χ2n) is 5.55. The number of nitrogens with two attached hydrogens (primary N) is 1. The van der Waals surface area contributed by atoms with Gasteiger partial charge < -0.3 is 10.6 Å². The second-order valence-corrected chi connectivity index (χ2v) is 6.60. The molecule has 2 N–H and O–H groups in total. The molecule has 0 aromatic carbocycles. The lowest BCUT2D eigenvalue weighted by Crippen LogP contribution is -2.50. The van der Waals surface area contributed by atoms with Crippen LogP contribution in [0.3, 0.4) is 0 Å². The van der Waals surface area contributed by atoms with Crippen LogP contribution in [0.15, 0.2) is 6.07 Å². The number of carbonyl (C=O) groups excluding carboxylic acids is 1. The molecule has 1 amide bonds. The zero-order valence-corrected chi connectivity index (χ0v) is 13.8. The van der Waals surface area contributed by atoms with Crippen molar-refractivity contribution in [1.82, 2.24) is 9.80 Å². The van der Waals surface area contributed by atoms with Crippen molar-refractivity contribution in [2.45, 2.75) is 26.8 Å². The number of hydrogen-bond acceptors (Lipinski definition) is 4. The van der Waals surface area contributed by atoms with Crippen molar-refractivity contribution in [3.8, 4) is 11.8 Å². The summed E-state index contributed by atoms with van der Waals surface area (Å²) in [5.41, 5.74) is 6.46. The van der Waals surface area contributed by atoms with Gasteiger partial charge in [-0.2, -0.15) is 0 Å². The first-order valence-corrected chi connectivity index (χ1v) is 8.17. The van der Waals surface area contributed by atoms with Gasteiger partial charge in [0.1, 0.15) is 0 Å². The Morgan fingerprint density at radius 1 is 1.38 bits per heavy atom. The zero-order chi connectivity index (χ0) is 15.4. The summed E-state index contributed by atoms with van der Waals surface area (Å²) in [5, 5.41) is 0. The van der Waals surface area contributed by atoms with Gasteiger partial charge in [-0.05, 0) is 32.4 Å². The molecule has 1 fully saturated rings. The van der Waals surface area contributed by atoms with Crippen LogP contribution in [0.25, 0.3) is 0 Å². The molecule has 0 unspecified atom stereocenters. The Labute approximate surface area is 130 Å². The summed E-state index contributed by atoms with van der Waals surface area (Å²) in [7, 11) is 0. The molecule has 0 spiro atoms. The lowest BCUT2D eigenvalue weighted by Gasteiger charge is -2.36. The smallest absolute Gasteiger partial charge is 0.264 e. The number of hydrogen-bond donors (Lipinski definition) is 1. The van der Waals surface area contributed by atoms with E-state index in [-0.39, 0.29) is 5.91 Å². The van der Waals surface area contributed by atoms with Gasteiger partial charge in [-0.1, -0.05) is 11.8 Å². The Morgan fingerprint density at radius 2 is 2.05 bits per heavy atom. The average Bonchev–Trinajstić information content (AvgIpc) is 2.85. The molecule has 4 nitrogen and oxygen atoms in total. The van der Waals surface area contributed by atoms with Gasteiger partial charge in [-0.25, -0.2) is 0 Å². The molecule has 1 aliphatic rings. The topological polar surface area (TPSA) is 49.6 Å². The summed E-state index contributed by atoms with van der Waals surface area (Å²) < 4.78 is 0. The molecular weight excluding hydrogens is 282 g/mol. The van der Waals surface area contributed by atoms with E-state index in [1.165, 1.54) is 11.3 Å². The van der Waals surface area contributed by atoms with E-state index in [0.717, 1.165) is 41.5 Å². The molecule has 1 aromatic heterocycles. The van der Waals surface area contributed by atoms with Crippen LogP contribution in [0.2, 0.25) is 0 Å². The summed E-state index contributed by atoms with van der Waals surface area (Å²) >= 11 is 1.47. The Kier molecular flexibility index (Phi) is 5.40. The van der Waals surface area contributed by atoms with E-state index in [4.69, 9.17) is 5.73 Å². The predicted molar refractivity (Wildman–Crippen MR) is 87.6 cm³/mol. The number of thiophene rings is 1. The maximum absolute atomic E-state index is 12.6. The Hall–Kier alpha value is -1.35. The molecule has 2 heterocycles. The van der Waals surface area contributed by atoms with Crippen LogP contribution in [0, 0.1) is 18.8 Å². The first-order valence-electron chi connectivity index (χ1n) is 7.35. The zero-order valence-electron chi connectivity index (χ0n) is 13.0. The SMILES string of the molecule is Cc1cc(C(=O)N2CCN(C(C)C)CC2)sc1C#CCN. The van der Waals surface area contributed by atoms with E-state index in [1.54, 1.807) is 0 Å². The molecule has 21 heavy (non-hydrogen) atoms. The summed E-state index contributed by atoms with van der Waals surface area (Å²) in [6, 6.07) is 2.49. The van der Waals surface area contributed by atoms with Crippen LogP contribution in [-0.4, -0.2) is 54.5 Å². The monoisotopic (exact) mass is 305 g/mol. The minimum absolute atomic E-state index is 0.132. The van der Waals surface area contributed by atoms with E-state index in [2.05, 4.69) is 30.6 Å². The average molecular weight is 305 g/mol. The summed E-state index contributed by atoms with van der Waals surface area (Å²) in [4.78, 5) is 18.6. The summed E-state index contributed by atoms with van der Waals surface area (Å²) in [5.74, 6) is 6.02. The maximum Gasteiger partial charge on any atom is 0.264 e. The lowest BCUT2D eigenvalue weighted by molar-refractivity contribution is 0.0600. The van der Waals surface area contributed by atoms with Crippen LogP contribution in [0.1, 0.15) is 34.0 Å². The highest BCUT2D eigenvalue weighted by atomic mass is 32.1. The molecule has 1 saturated heterocycles. The van der Waals surface area contributed by atoms with Gasteiger partial charge in [-0.3, -0.25) is 9.69 Å². The summed E-state index contributed by atoms with van der Waals surface area (Å²) in [6.45, 7) is 10.2. The Morgan fingerprint density at radius 3 is 2.62 bits per heavy atom. The molecule has 0 atom stereocenters. The molecule has 2 rings (SSSR count). The van der Waals surface area contributed by atoms with E-state index in [9.17, 15) is 4.79 Å². The van der Waals surface area contributed by atoms with Crippen molar-refractivity contribution in [1.29, 1.82) is 0 Å². The van der Waals surface area contributed by atoms with E-state index < -0.39 is 0 Å². The van der Waals surface area contributed by atoms with Gasteiger partial charge in [0.25, 0.3) is 5.91 Å². The standard InChI is InChI=1S/C16H23N3OS/c1-12(2)18-7-9-19(10-8-18)16(20)15-11-13(3)14(21-15)5-4-6-17/h11-12H,6-10,17H2,1-3H3. The predicted octanol–water partition coefficient (Wildman–Crippen LogP) is 1.53. The van der Waals surface area contributed by atoms with E-state index in [1.807, 2.05) is 17.9 Å². The largest absolute Gasteiger partial charge is 0.335 e. The van der Waals surface area contributed by atoms with Crippen LogP contribution < -0.4 is 5.73 Å². The van der Waals surface area contributed by atoms with E-state index in [0.29, 0.717) is 12.6 Å². The first kappa shape index (κ1) is 16.0. The quantitative estimate of drug-likeness (QED) is 0.843. The third-order valence-electron chi connectivity index (χ3n) is 3.76. The highest BCUT2D eigenvalue weighted by Crippen LogP contribution is 2.23. The number of nitrogens with zero attached hydrogens (tertiary/aromatic N) is 2. The number of carbonyl (C=O) groups is 1. The van der Waals surface area contributed by atoms with Crippen molar-refractivity contribution in [3.05, 3.63) is 21.4 Å². The lowest BCUT2D eigenvalue weighted by atomic mass is 10.2. The van der Waals surface area contributed by atoms with Gasteiger partial charge in [0.05, 0.1) is 16.3 Å². The third-order valence-corrected chi connectivity index (χ3v) is 4.90. The minimum atomic E-state index is 0.132. The fraction of sp³-hybridized carbons (Fsp3) is 0.562. The number of amides is 1. The van der Waals surface area contributed by atoms with Gasteiger partial charge in [-0.15, -0.1) is 11.3 Å². The van der Waals surface area contributed by atoms with Crippen molar-refractivity contribution >= 4 is 17.2 Å². The molecule has 5 heteroatoms. The fourth-order valence-electron chi connectivity index (χ4n) is 2.44. The van der Waals surface area contributed by atoms with Crippen molar-refractivity contribution < 1.29 is 4.79 Å². The number of rotatable bonds is 2. The molecule has 0 radical (unpaired) electrons. The van der Waals surface area contributed by atoms with Gasteiger partial charge >= 0.3 is 0 Å². The number of piperazine rings is 1. The van der Waals surface area contributed by atoms with Crippen LogP contribution in [0.5, 0.6) is 0 Å². The maximum atomic E-state index is 12.6. The van der Waals surface area contributed by atoms with Gasteiger partial charge in [0.2, 0.25) is 0 Å². The van der Waals surface area contributed by atoms with Gasteiger partial charge in [0, 0.05) is 32.2 Å². The second kappa shape index (κ2) is 7.08. The third kappa shape index (κ3) is 3.85. The van der Waals surface area contributed by atoms with Gasteiger partial charge in [0.15, 0.2) is 0 Å². The Balaban J connectivity index is 2.04. The van der Waals surface area contributed by atoms with Crippen LogP contribution in [-0.2, 0) is 0 Å². The highest BCUT2D eigenvalue weighted by Gasteiger charge is 2.24. The molecule has 114 valence electrons. The molecule has 1 aromatic rings. The van der Waals surface area contributed by atoms with Crippen molar-refractivity contribution in [3.63, 3.8) is 0 Å². The van der Waals surface area contributed by atoms with Crippen LogP contribution in [0.4, 0.5) is 0 Å². The minimum Gasteiger partial charge on any atom is -0.335 e. The number of aryl methyl sites for hydroxylation is 1. The van der Waals surface area contributed by atoms with Crippen LogP contribution >= 0.6 is 11.3 Å². The molecule has 0 saturated carbocycles. The molecular formula is C16H23N3OS. The fourth-order valence-corrected chi connectivity index (χ4v) is 3.46. The van der Waals surface area contributed by atoms with E-state index >= 15 is 0 Å².